The predicted octanol–water partition coefficient (Wildman–Crippen LogP) is 7.31. The molecule has 0 aliphatic carbocycles. The number of benzene rings is 4. The Morgan fingerprint density at radius 3 is 1.04 bits per heavy atom. The maximum atomic E-state index is 9.00. The average molecular weight is 846 g/mol. The van der Waals surface area contributed by atoms with Crippen molar-refractivity contribution in [2.45, 2.75) is 33.2 Å². The summed E-state index contributed by atoms with van der Waals surface area (Å²) in [5, 5.41) is 21.0. The van der Waals surface area contributed by atoms with Gasteiger partial charge in [0.25, 0.3) is 11.9 Å². The van der Waals surface area contributed by atoms with Gasteiger partial charge in [-0.05, 0) is 73.5 Å². The number of hydrogen-bond donors (Lipinski definition) is 2. The summed E-state index contributed by atoms with van der Waals surface area (Å²) in [5.41, 5.74) is 7.71. The topological polar surface area (TPSA) is 111 Å². The number of carboxylic acids is 2. The molecule has 3 N–H and O–H groups in total. The minimum atomic E-state index is -0.833. The smallest absolute Gasteiger partial charge is 0.672 e. The molecule has 1 radical (unpaired) electrons. The van der Waals surface area contributed by atoms with Gasteiger partial charge in [-0.3, -0.25) is 14.6 Å². The van der Waals surface area contributed by atoms with Crippen LogP contribution in [-0.2, 0) is 35.9 Å². The molecule has 0 aliphatic rings. The Bertz CT molecular complexity index is 1320. The molecule has 1 heterocycles. The van der Waals surface area contributed by atoms with Gasteiger partial charge >= 0.3 is 19.8 Å². The maximum Gasteiger partial charge on any atom is 1.00 e. The molecule has 5 rings (SSSR count). The van der Waals surface area contributed by atoms with Crippen LogP contribution in [0.15, 0.2) is 146 Å². The van der Waals surface area contributed by atoms with E-state index in [0.29, 0.717) is 0 Å². The van der Waals surface area contributed by atoms with E-state index in [0.717, 1.165) is 19.5 Å². The molecule has 247 valence electrons. The monoisotopic (exact) mass is 847 g/mol. The van der Waals surface area contributed by atoms with Crippen LogP contribution in [0.2, 0.25) is 0 Å². The SMILES string of the molecule is CC(=O)O.CC(=O)O.[NH-]Cc1ccccn1.[Os+].c1ccc([PH+](CCCC[PH+](c2ccccc2)c2ccccc2)c2ccccc2)cc1. The first-order valence-electron chi connectivity index (χ1n) is 15.2. The Morgan fingerprint density at radius 1 is 0.553 bits per heavy atom. The minimum absolute atomic E-state index is 0. The molecule has 0 bridgehead atoms. The van der Waals surface area contributed by atoms with Crippen LogP contribution in [0.1, 0.15) is 32.4 Å². The van der Waals surface area contributed by atoms with Gasteiger partial charge in [0.15, 0.2) is 0 Å². The van der Waals surface area contributed by atoms with Crippen LogP contribution in [-0.4, -0.2) is 39.5 Å². The van der Waals surface area contributed by atoms with E-state index in [4.69, 9.17) is 25.5 Å². The van der Waals surface area contributed by atoms with E-state index in [9.17, 15) is 0 Å². The normalized spacial score (nSPS) is 9.72. The summed E-state index contributed by atoms with van der Waals surface area (Å²) in [4.78, 5) is 21.9. The third-order valence-electron chi connectivity index (χ3n) is 6.50. The first-order chi connectivity index (χ1) is 22.3. The van der Waals surface area contributed by atoms with Crippen LogP contribution in [0, 0.1) is 0 Å². The van der Waals surface area contributed by atoms with Crippen molar-refractivity contribution >= 4 is 49.0 Å². The number of nitrogens with zero attached hydrogens (tertiary/aromatic N) is 1. The molecule has 0 aliphatic heterocycles. The number of pyridine rings is 1. The zero-order chi connectivity index (χ0) is 33.4. The van der Waals surface area contributed by atoms with Gasteiger partial charge in [-0.2, -0.15) is 0 Å². The van der Waals surface area contributed by atoms with E-state index >= 15 is 0 Å². The molecule has 0 saturated heterocycles. The number of nitrogens with one attached hydrogen (secondary N) is 1. The third-order valence-corrected chi connectivity index (χ3v) is 12.3. The number of aliphatic carboxylic acids is 2. The van der Waals surface area contributed by atoms with Gasteiger partial charge in [-0.25, -0.2) is 0 Å². The molecule has 0 spiro atoms. The molecule has 0 amide bonds. The zero-order valence-corrected chi connectivity index (χ0v) is 31.4. The number of carboxylic acid groups (broad SMARTS) is 2. The van der Waals surface area contributed by atoms with Crippen molar-refractivity contribution in [3.05, 3.63) is 157 Å². The first kappa shape index (κ1) is 41.4. The summed E-state index contributed by atoms with van der Waals surface area (Å²) in [7, 11) is -1.43. The van der Waals surface area contributed by atoms with E-state index in [1.54, 1.807) is 6.20 Å². The second kappa shape index (κ2) is 25.5. The van der Waals surface area contributed by atoms with Crippen molar-refractivity contribution in [2.24, 2.45) is 0 Å². The summed E-state index contributed by atoms with van der Waals surface area (Å²) in [5.74, 6) is -1.67. The van der Waals surface area contributed by atoms with Gasteiger partial charge in [0.1, 0.15) is 0 Å². The van der Waals surface area contributed by atoms with Crippen LogP contribution in [0.3, 0.4) is 0 Å². The first-order valence-corrected chi connectivity index (χ1v) is 18.6. The molecule has 1 aromatic heterocycles. The van der Waals surface area contributed by atoms with Crippen molar-refractivity contribution in [3.8, 4) is 0 Å². The second-order valence-corrected chi connectivity index (χ2v) is 15.4. The van der Waals surface area contributed by atoms with Gasteiger partial charge in [0, 0.05) is 25.7 Å². The van der Waals surface area contributed by atoms with Crippen LogP contribution in [0.25, 0.3) is 5.73 Å². The van der Waals surface area contributed by atoms with Crippen molar-refractivity contribution in [1.82, 2.24) is 4.98 Å². The summed E-state index contributed by atoms with van der Waals surface area (Å²) in [6, 6.07) is 50.2. The Balaban J connectivity index is 0.000000537. The fraction of sp³-hybridized carbons (Fsp3) is 0.184. The van der Waals surface area contributed by atoms with Gasteiger partial charge in [0.2, 0.25) is 0 Å². The van der Waals surface area contributed by atoms with Crippen LogP contribution < -0.4 is 21.2 Å². The Morgan fingerprint density at radius 2 is 0.830 bits per heavy atom. The van der Waals surface area contributed by atoms with E-state index in [-0.39, 0.29) is 26.3 Å². The molecular formula is C38H45N2O4OsP2+2. The predicted molar refractivity (Wildman–Crippen MR) is 199 cm³/mol. The van der Waals surface area contributed by atoms with E-state index in [1.807, 2.05) is 18.2 Å². The molecule has 47 heavy (non-hydrogen) atoms. The van der Waals surface area contributed by atoms with Gasteiger partial charge < -0.3 is 15.9 Å². The average Bonchev–Trinajstić information content (AvgIpc) is 3.08. The van der Waals surface area contributed by atoms with Crippen molar-refractivity contribution < 1.29 is 39.6 Å². The molecule has 9 heteroatoms. The molecule has 4 aromatic carbocycles. The molecular weight excluding hydrogens is 801 g/mol. The maximum absolute atomic E-state index is 9.00. The Kier molecular flexibility index (Phi) is 22.5. The van der Waals surface area contributed by atoms with Gasteiger partial charge in [-0.1, -0.05) is 78.9 Å². The van der Waals surface area contributed by atoms with Gasteiger partial charge in [0.05, 0.1) is 49.4 Å². The van der Waals surface area contributed by atoms with Gasteiger partial charge in [-0.15, -0.1) is 6.54 Å². The second-order valence-electron chi connectivity index (χ2n) is 10.2. The molecule has 6 nitrogen and oxygen atoms in total. The molecule has 0 unspecified atom stereocenters. The number of rotatable bonds is 10. The summed E-state index contributed by atoms with van der Waals surface area (Å²) < 4.78 is 0. The fourth-order valence-electron chi connectivity index (χ4n) is 4.57. The summed E-state index contributed by atoms with van der Waals surface area (Å²) >= 11 is 0. The largest absolute Gasteiger partial charge is 1.00 e. The summed E-state index contributed by atoms with van der Waals surface area (Å²) in [6.45, 7) is 2.45. The van der Waals surface area contributed by atoms with E-state index in [1.165, 1.54) is 46.4 Å². The summed E-state index contributed by atoms with van der Waals surface area (Å²) in [6.07, 6.45) is 6.90. The number of unbranched alkanes of at least 4 members (excludes halogenated alkanes) is 1. The molecule has 0 saturated carbocycles. The zero-order valence-electron chi connectivity index (χ0n) is 26.9. The number of hydrogen-bond acceptors (Lipinski definition) is 3. The number of carbonyl (C=O) groups is 2. The molecule has 0 fully saturated rings. The van der Waals surface area contributed by atoms with Crippen molar-refractivity contribution in [3.63, 3.8) is 0 Å². The number of aromatic nitrogens is 1. The van der Waals surface area contributed by atoms with Crippen molar-refractivity contribution in [1.29, 1.82) is 0 Å². The Hall–Kier alpha value is -3.57. The quantitative estimate of drug-likeness (QED) is 0.113. The fourth-order valence-corrected chi connectivity index (χ4v) is 9.98. The third kappa shape index (κ3) is 18.4. The minimum Gasteiger partial charge on any atom is -0.672 e. The van der Waals surface area contributed by atoms with E-state index < -0.39 is 27.8 Å². The molecule has 5 aromatic rings. The molecule has 0 atom stereocenters. The van der Waals surface area contributed by atoms with E-state index in [2.05, 4.69) is 126 Å². The van der Waals surface area contributed by atoms with Crippen molar-refractivity contribution in [2.75, 3.05) is 12.3 Å². The van der Waals surface area contributed by atoms with Crippen LogP contribution in [0.4, 0.5) is 0 Å². The van der Waals surface area contributed by atoms with Crippen LogP contribution >= 0.6 is 15.8 Å². The van der Waals surface area contributed by atoms with Crippen LogP contribution in [0.5, 0.6) is 0 Å². The standard InChI is InChI=1S/C28H28P2.C6H7N2.2C2H4O2.Os/c1-5-15-25(16-6-1)29(26-17-7-2-8-18-26)23-13-14-24-30(27-19-9-3-10-20-27)28-21-11-4-12-22-28;7-5-6-3-1-2-4-8-6;2*1-2(3)4;/h1-12,15-22H,13-14,23-24H2;1-4,7H,5H2;2*1H3,(H,3,4);/q;-1;;;+1/p+2. The Labute approximate surface area is 295 Å².